The van der Waals surface area contributed by atoms with Crippen LogP contribution in [0.5, 0.6) is 0 Å². The Morgan fingerprint density at radius 3 is 2.38 bits per heavy atom. The summed E-state index contributed by atoms with van der Waals surface area (Å²) in [5.41, 5.74) is 0.422. The summed E-state index contributed by atoms with van der Waals surface area (Å²) in [5, 5.41) is 0.259. The fourth-order valence-electron chi connectivity index (χ4n) is 5.10. The Morgan fingerprint density at radius 1 is 1.07 bits per heavy atom. The van der Waals surface area contributed by atoms with Gasteiger partial charge in [0.1, 0.15) is 29.6 Å². The van der Waals surface area contributed by atoms with Gasteiger partial charge in [-0.2, -0.15) is 4.99 Å². The number of rotatable bonds is 2. The monoisotopic (exact) mass is 571 g/mol. The van der Waals surface area contributed by atoms with Crippen LogP contribution in [0, 0.1) is 11.2 Å². The van der Waals surface area contributed by atoms with Gasteiger partial charge in [-0.1, -0.05) is 44.5 Å². The SMILES string of the molecule is C[C@@H]1CN(C2=NC(=O)CN(CC(C)(C)C)c3nc(-c4ccccc4F)c(Cl)cc32)[C@@H](C)CN1C(=O)OC(C)(C)C. The van der Waals surface area contributed by atoms with Gasteiger partial charge in [0.25, 0.3) is 5.91 Å². The van der Waals surface area contributed by atoms with Crippen molar-refractivity contribution in [3.63, 3.8) is 0 Å². The Hall–Kier alpha value is -3.20. The normalized spacial score (nSPS) is 20.2. The van der Waals surface area contributed by atoms with Gasteiger partial charge in [-0.15, -0.1) is 0 Å². The van der Waals surface area contributed by atoms with Gasteiger partial charge in [0, 0.05) is 37.3 Å². The van der Waals surface area contributed by atoms with Crippen LogP contribution >= 0.6 is 11.6 Å². The van der Waals surface area contributed by atoms with Crippen LogP contribution in [0.4, 0.5) is 15.0 Å². The molecule has 0 spiro atoms. The van der Waals surface area contributed by atoms with Gasteiger partial charge in [-0.3, -0.25) is 4.79 Å². The number of hydrogen-bond acceptors (Lipinski definition) is 6. The molecule has 1 saturated heterocycles. The fourth-order valence-corrected chi connectivity index (χ4v) is 5.35. The molecule has 2 aliphatic heterocycles. The second-order valence-corrected chi connectivity index (χ2v) is 13.3. The van der Waals surface area contributed by atoms with Crippen LogP contribution < -0.4 is 4.90 Å². The number of amides is 2. The molecule has 216 valence electrons. The average Bonchev–Trinajstić information content (AvgIpc) is 2.94. The quantitative estimate of drug-likeness (QED) is 0.439. The van der Waals surface area contributed by atoms with Crippen molar-refractivity contribution in [1.82, 2.24) is 14.8 Å². The molecule has 8 nitrogen and oxygen atoms in total. The van der Waals surface area contributed by atoms with E-state index in [-0.39, 0.29) is 46.6 Å². The first kappa shape index (κ1) is 29.8. The molecule has 2 aromatic rings. The van der Waals surface area contributed by atoms with Crippen molar-refractivity contribution in [2.75, 3.05) is 31.1 Å². The first-order valence-corrected chi connectivity index (χ1v) is 14.0. The molecule has 2 atom stereocenters. The molecule has 0 aliphatic carbocycles. The number of carbonyl (C=O) groups is 2. The summed E-state index contributed by atoms with van der Waals surface area (Å²) in [4.78, 5) is 41.3. The lowest BCUT2D eigenvalue weighted by molar-refractivity contribution is -0.116. The number of amidine groups is 1. The highest BCUT2D eigenvalue weighted by atomic mass is 35.5. The van der Waals surface area contributed by atoms with E-state index < -0.39 is 11.4 Å². The summed E-state index contributed by atoms with van der Waals surface area (Å²) >= 11 is 6.76. The van der Waals surface area contributed by atoms with Gasteiger partial charge in [0.15, 0.2) is 0 Å². The summed E-state index contributed by atoms with van der Waals surface area (Å²) in [7, 11) is 0. The molecule has 10 heteroatoms. The number of hydrogen-bond donors (Lipinski definition) is 0. The van der Waals surface area contributed by atoms with Gasteiger partial charge in [0.05, 0.1) is 16.3 Å². The van der Waals surface area contributed by atoms with Crippen molar-refractivity contribution < 1.29 is 18.7 Å². The minimum Gasteiger partial charge on any atom is -0.444 e. The minimum atomic E-state index is -0.608. The van der Waals surface area contributed by atoms with Crippen LogP contribution in [-0.4, -0.2) is 76.5 Å². The van der Waals surface area contributed by atoms with Crippen LogP contribution in [-0.2, 0) is 9.53 Å². The Morgan fingerprint density at radius 2 is 1.75 bits per heavy atom. The second-order valence-electron chi connectivity index (χ2n) is 12.9. The maximum Gasteiger partial charge on any atom is 0.410 e. The molecule has 0 bridgehead atoms. The molecule has 0 N–H and O–H groups in total. The zero-order chi connectivity index (χ0) is 29.6. The lowest BCUT2D eigenvalue weighted by Crippen LogP contribution is -2.60. The van der Waals surface area contributed by atoms with Crippen LogP contribution in [0.3, 0.4) is 0 Å². The standard InChI is InChI=1S/C30H39ClFN5O3/c1-18-15-37(28(39)40-30(6,7)8)19(2)14-36(18)27-21-13-22(31)25(20-11-9-10-12-23(20)32)34-26(21)35(16-24(38)33-27)17-29(3,4)5/h9-13,18-19H,14-17H2,1-8H3/t18-,19+/m0/s1. The number of aliphatic imine (C=N–C) groups is 1. The molecular formula is C30H39ClFN5O3. The molecule has 0 unspecified atom stereocenters. The smallest absolute Gasteiger partial charge is 0.410 e. The van der Waals surface area contributed by atoms with E-state index in [4.69, 9.17) is 21.3 Å². The molecule has 40 heavy (non-hydrogen) atoms. The van der Waals surface area contributed by atoms with Crippen LogP contribution in [0.25, 0.3) is 11.3 Å². The summed E-state index contributed by atoms with van der Waals surface area (Å²) in [6.45, 7) is 17.1. The van der Waals surface area contributed by atoms with Crippen molar-refractivity contribution in [1.29, 1.82) is 0 Å². The topological polar surface area (TPSA) is 78.3 Å². The lowest BCUT2D eigenvalue weighted by Gasteiger charge is -2.45. The number of piperazine rings is 1. The number of nitrogens with zero attached hydrogens (tertiary/aromatic N) is 5. The maximum atomic E-state index is 14.8. The lowest BCUT2D eigenvalue weighted by atomic mass is 9.95. The predicted molar refractivity (Wildman–Crippen MR) is 156 cm³/mol. The zero-order valence-electron chi connectivity index (χ0n) is 24.6. The molecule has 0 radical (unpaired) electrons. The van der Waals surface area contributed by atoms with Crippen LogP contribution in [0.2, 0.25) is 5.02 Å². The highest BCUT2D eigenvalue weighted by Gasteiger charge is 2.39. The fraction of sp³-hybridized carbons (Fsp3) is 0.533. The molecule has 3 heterocycles. The number of carbonyl (C=O) groups excluding carboxylic acids is 2. The average molecular weight is 572 g/mol. The Labute approximate surface area is 241 Å². The van der Waals surface area contributed by atoms with Gasteiger partial charge in [0.2, 0.25) is 0 Å². The third-order valence-corrected chi connectivity index (χ3v) is 7.02. The van der Waals surface area contributed by atoms with Crippen LogP contribution in [0.15, 0.2) is 35.3 Å². The Bertz CT molecular complexity index is 1330. The van der Waals surface area contributed by atoms with E-state index in [2.05, 4.69) is 25.8 Å². The van der Waals surface area contributed by atoms with Gasteiger partial charge in [-0.05, 0) is 58.2 Å². The number of anilines is 1. The summed E-state index contributed by atoms with van der Waals surface area (Å²) in [6.07, 6.45) is -0.374. The molecule has 4 rings (SSSR count). The highest BCUT2D eigenvalue weighted by molar-refractivity contribution is 6.33. The number of pyridine rings is 1. The van der Waals surface area contributed by atoms with E-state index in [1.165, 1.54) is 6.07 Å². The van der Waals surface area contributed by atoms with E-state index in [0.29, 0.717) is 42.5 Å². The van der Waals surface area contributed by atoms with Crippen molar-refractivity contribution in [3.8, 4) is 11.3 Å². The van der Waals surface area contributed by atoms with Crippen LogP contribution in [0.1, 0.15) is 61.0 Å². The van der Waals surface area contributed by atoms with E-state index in [9.17, 15) is 14.0 Å². The molecular weight excluding hydrogens is 533 g/mol. The van der Waals surface area contributed by atoms with E-state index in [1.54, 1.807) is 29.2 Å². The Balaban J connectivity index is 1.79. The van der Waals surface area contributed by atoms with Gasteiger partial charge in [-0.25, -0.2) is 14.2 Å². The maximum absolute atomic E-state index is 14.8. The molecule has 0 saturated carbocycles. The second kappa shape index (κ2) is 11.0. The molecule has 1 aromatic carbocycles. The largest absolute Gasteiger partial charge is 0.444 e. The van der Waals surface area contributed by atoms with Crippen molar-refractivity contribution in [3.05, 3.63) is 46.7 Å². The van der Waals surface area contributed by atoms with E-state index in [0.717, 1.165) is 0 Å². The van der Waals surface area contributed by atoms with E-state index in [1.807, 2.05) is 44.4 Å². The number of aromatic nitrogens is 1. The van der Waals surface area contributed by atoms with E-state index >= 15 is 0 Å². The summed E-state index contributed by atoms with van der Waals surface area (Å²) in [6, 6.07) is 7.71. The van der Waals surface area contributed by atoms with Crippen molar-refractivity contribution in [2.24, 2.45) is 10.4 Å². The van der Waals surface area contributed by atoms with Crippen molar-refractivity contribution >= 4 is 35.3 Å². The summed E-state index contributed by atoms with van der Waals surface area (Å²) in [5.74, 6) is 0.236. The minimum absolute atomic E-state index is 0.0287. The zero-order valence-corrected chi connectivity index (χ0v) is 25.3. The first-order chi connectivity index (χ1) is 18.5. The van der Waals surface area contributed by atoms with Crippen molar-refractivity contribution in [2.45, 2.75) is 73.1 Å². The third kappa shape index (κ3) is 6.57. The number of ether oxygens (including phenoxy) is 1. The number of benzene rings is 1. The number of fused-ring (bicyclic) bond motifs is 1. The molecule has 1 fully saturated rings. The highest BCUT2D eigenvalue weighted by Crippen LogP contribution is 2.36. The third-order valence-electron chi connectivity index (χ3n) is 6.73. The number of halogens is 2. The summed E-state index contributed by atoms with van der Waals surface area (Å²) < 4.78 is 20.5. The molecule has 1 aromatic heterocycles. The Kier molecular flexibility index (Phi) is 8.18. The van der Waals surface area contributed by atoms with Gasteiger partial charge < -0.3 is 19.4 Å². The molecule has 2 amide bonds. The van der Waals surface area contributed by atoms with Gasteiger partial charge >= 0.3 is 6.09 Å². The first-order valence-electron chi connectivity index (χ1n) is 13.6. The predicted octanol–water partition coefficient (Wildman–Crippen LogP) is 6.01. The molecule has 2 aliphatic rings.